The minimum atomic E-state index is 0.130. The highest BCUT2D eigenvalue weighted by Gasteiger charge is 2.06. The van der Waals surface area contributed by atoms with Crippen LogP contribution >= 0.6 is 21.6 Å². The Morgan fingerprint density at radius 1 is 1.62 bits per heavy atom. The van der Waals surface area contributed by atoms with Gasteiger partial charge in [-0.15, -0.1) is 0 Å². The zero-order valence-corrected chi connectivity index (χ0v) is 8.81. The SMILES string of the molecule is C[C@H](CO)SSc1ncccc1O. The van der Waals surface area contributed by atoms with Crippen LogP contribution in [0.1, 0.15) is 6.92 Å². The van der Waals surface area contributed by atoms with Crippen LogP contribution in [-0.4, -0.2) is 27.1 Å². The maximum absolute atomic E-state index is 9.34. The summed E-state index contributed by atoms with van der Waals surface area (Å²) in [6.45, 7) is 2.04. The van der Waals surface area contributed by atoms with Crippen molar-refractivity contribution in [2.75, 3.05) is 6.61 Å². The van der Waals surface area contributed by atoms with E-state index >= 15 is 0 Å². The molecule has 1 heterocycles. The van der Waals surface area contributed by atoms with Crippen molar-refractivity contribution in [1.29, 1.82) is 0 Å². The first-order chi connectivity index (χ1) is 6.24. The van der Waals surface area contributed by atoms with Crippen LogP contribution in [0.2, 0.25) is 0 Å². The fourth-order valence-corrected chi connectivity index (χ4v) is 2.51. The average molecular weight is 217 g/mol. The van der Waals surface area contributed by atoms with Crippen molar-refractivity contribution in [3.8, 4) is 5.75 Å². The van der Waals surface area contributed by atoms with Crippen molar-refractivity contribution in [3.63, 3.8) is 0 Å². The molecule has 0 radical (unpaired) electrons. The second kappa shape index (κ2) is 5.36. The summed E-state index contributed by atoms with van der Waals surface area (Å²) >= 11 is 0. The lowest BCUT2D eigenvalue weighted by atomic mass is 10.5. The van der Waals surface area contributed by atoms with Gasteiger partial charge in [0, 0.05) is 11.4 Å². The van der Waals surface area contributed by atoms with Crippen LogP contribution in [-0.2, 0) is 0 Å². The van der Waals surface area contributed by atoms with Crippen molar-refractivity contribution in [1.82, 2.24) is 4.98 Å². The third-order valence-electron chi connectivity index (χ3n) is 1.30. The fourth-order valence-electron chi connectivity index (χ4n) is 0.605. The predicted molar refractivity (Wildman–Crippen MR) is 55.9 cm³/mol. The molecule has 0 aliphatic rings. The van der Waals surface area contributed by atoms with Crippen molar-refractivity contribution >= 4 is 21.6 Å². The van der Waals surface area contributed by atoms with Crippen molar-refractivity contribution < 1.29 is 10.2 Å². The summed E-state index contributed by atoms with van der Waals surface area (Å²) in [5, 5.41) is 18.8. The van der Waals surface area contributed by atoms with Gasteiger partial charge in [-0.3, -0.25) is 0 Å². The first-order valence-electron chi connectivity index (χ1n) is 3.82. The Bertz CT molecular complexity index is 270. The number of hydrogen-bond acceptors (Lipinski definition) is 5. The minimum absolute atomic E-state index is 0.130. The Kier molecular flexibility index (Phi) is 4.41. The van der Waals surface area contributed by atoms with Gasteiger partial charge in [0.1, 0.15) is 10.8 Å². The summed E-state index contributed by atoms with van der Waals surface area (Å²) < 4.78 is 0. The van der Waals surface area contributed by atoms with E-state index in [1.54, 1.807) is 18.3 Å². The number of aromatic hydroxyl groups is 1. The van der Waals surface area contributed by atoms with Gasteiger partial charge in [0.15, 0.2) is 0 Å². The van der Waals surface area contributed by atoms with E-state index < -0.39 is 0 Å². The number of aliphatic hydroxyl groups excluding tert-OH is 1. The van der Waals surface area contributed by atoms with Crippen LogP contribution in [0, 0.1) is 0 Å². The van der Waals surface area contributed by atoms with E-state index in [4.69, 9.17) is 5.11 Å². The van der Waals surface area contributed by atoms with Gasteiger partial charge in [-0.1, -0.05) is 17.7 Å². The van der Waals surface area contributed by atoms with E-state index in [2.05, 4.69) is 4.98 Å². The molecule has 5 heteroatoms. The molecule has 0 amide bonds. The van der Waals surface area contributed by atoms with Crippen LogP contribution in [0.25, 0.3) is 0 Å². The highest BCUT2D eigenvalue weighted by atomic mass is 33.1. The quantitative estimate of drug-likeness (QED) is 0.754. The highest BCUT2D eigenvalue weighted by Crippen LogP contribution is 2.37. The summed E-state index contributed by atoms with van der Waals surface area (Å²) in [6.07, 6.45) is 1.63. The Morgan fingerprint density at radius 3 is 3.00 bits per heavy atom. The van der Waals surface area contributed by atoms with Gasteiger partial charge >= 0.3 is 0 Å². The van der Waals surface area contributed by atoms with E-state index in [-0.39, 0.29) is 17.6 Å². The molecule has 0 saturated carbocycles. The molecule has 1 atom stereocenters. The third-order valence-corrected chi connectivity index (χ3v) is 4.09. The topological polar surface area (TPSA) is 53.4 Å². The zero-order chi connectivity index (χ0) is 9.68. The zero-order valence-electron chi connectivity index (χ0n) is 7.17. The molecular formula is C8H11NO2S2. The van der Waals surface area contributed by atoms with Crippen LogP contribution in [0.15, 0.2) is 23.4 Å². The maximum atomic E-state index is 9.34. The summed E-state index contributed by atoms with van der Waals surface area (Å²) in [4.78, 5) is 4.00. The van der Waals surface area contributed by atoms with E-state index in [0.29, 0.717) is 5.03 Å². The predicted octanol–water partition coefficient (Wildman–Crippen LogP) is 1.91. The maximum Gasteiger partial charge on any atom is 0.148 e. The molecule has 0 aliphatic heterocycles. The standard InChI is InChI=1S/C8H11NO2S2/c1-6(5-10)12-13-8-7(11)3-2-4-9-8/h2-4,6,10-11H,5H2,1H3/t6-/m1/s1. The van der Waals surface area contributed by atoms with Crippen molar-refractivity contribution in [2.45, 2.75) is 17.2 Å². The fraction of sp³-hybridized carbons (Fsp3) is 0.375. The van der Waals surface area contributed by atoms with Gasteiger partial charge < -0.3 is 10.2 Å². The lowest BCUT2D eigenvalue weighted by molar-refractivity contribution is 0.300. The van der Waals surface area contributed by atoms with Gasteiger partial charge in [-0.05, 0) is 22.9 Å². The van der Waals surface area contributed by atoms with E-state index in [0.717, 1.165) is 0 Å². The summed E-state index contributed by atoms with van der Waals surface area (Å²) in [5.41, 5.74) is 0. The molecule has 0 bridgehead atoms. The number of rotatable bonds is 4. The Labute approximate surface area is 85.0 Å². The third kappa shape index (κ3) is 3.46. The minimum Gasteiger partial charge on any atom is -0.505 e. The van der Waals surface area contributed by atoms with Gasteiger partial charge in [-0.25, -0.2) is 4.98 Å². The van der Waals surface area contributed by atoms with Crippen LogP contribution < -0.4 is 0 Å². The molecule has 0 aliphatic carbocycles. The number of aromatic nitrogens is 1. The normalized spacial score (nSPS) is 12.8. The highest BCUT2D eigenvalue weighted by molar-refractivity contribution is 8.76. The first kappa shape index (κ1) is 10.7. The van der Waals surface area contributed by atoms with Crippen molar-refractivity contribution in [2.24, 2.45) is 0 Å². The van der Waals surface area contributed by atoms with Gasteiger partial charge in [0.2, 0.25) is 0 Å². The molecule has 0 fully saturated rings. The lowest BCUT2D eigenvalue weighted by Gasteiger charge is -2.06. The van der Waals surface area contributed by atoms with Crippen molar-refractivity contribution in [3.05, 3.63) is 18.3 Å². The molecule has 1 aromatic rings. The molecule has 3 nitrogen and oxygen atoms in total. The van der Waals surface area contributed by atoms with E-state index in [1.807, 2.05) is 6.92 Å². The van der Waals surface area contributed by atoms with Gasteiger partial charge in [0.25, 0.3) is 0 Å². The molecule has 0 aromatic carbocycles. The van der Waals surface area contributed by atoms with Gasteiger partial charge in [-0.2, -0.15) is 0 Å². The molecule has 1 rings (SSSR count). The van der Waals surface area contributed by atoms with Crippen LogP contribution in [0.3, 0.4) is 0 Å². The molecule has 72 valence electrons. The Morgan fingerprint density at radius 2 is 2.38 bits per heavy atom. The number of nitrogens with zero attached hydrogens (tertiary/aromatic N) is 1. The van der Waals surface area contributed by atoms with Crippen LogP contribution in [0.4, 0.5) is 0 Å². The van der Waals surface area contributed by atoms with E-state index in [1.165, 1.54) is 21.6 Å². The molecular weight excluding hydrogens is 206 g/mol. The summed E-state index contributed by atoms with van der Waals surface area (Å²) in [6, 6.07) is 3.28. The number of pyridine rings is 1. The molecule has 1 aromatic heterocycles. The molecule has 2 N–H and O–H groups in total. The smallest absolute Gasteiger partial charge is 0.148 e. The first-order valence-corrected chi connectivity index (χ1v) is 6.03. The monoisotopic (exact) mass is 217 g/mol. The summed E-state index contributed by atoms with van der Waals surface area (Å²) in [7, 11) is 2.86. The molecule has 13 heavy (non-hydrogen) atoms. The molecule has 0 spiro atoms. The lowest BCUT2D eigenvalue weighted by Crippen LogP contribution is -1.99. The summed E-state index contributed by atoms with van der Waals surface area (Å²) in [5.74, 6) is 0.185. The average Bonchev–Trinajstić information content (AvgIpc) is 2.16. The number of hydrogen-bond donors (Lipinski definition) is 2. The van der Waals surface area contributed by atoms with Crippen LogP contribution in [0.5, 0.6) is 5.75 Å². The Balaban J connectivity index is 2.50. The molecule has 0 unspecified atom stereocenters. The molecule has 0 saturated heterocycles. The number of aliphatic hydroxyl groups is 1. The Hall–Kier alpha value is -0.390. The largest absolute Gasteiger partial charge is 0.505 e. The van der Waals surface area contributed by atoms with E-state index in [9.17, 15) is 5.11 Å². The second-order valence-corrected chi connectivity index (χ2v) is 5.13. The second-order valence-electron chi connectivity index (χ2n) is 2.50. The van der Waals surface area contributed by atoms with Gasteiger partial charge in [0.05, 0.1) is 6.61 Å².